The van der Waals surface area contributed by atoms with Gasteiger partial charge >= 0.3 is 0 Å². The molecule has 0 bridgehead atoms. The van der Waals surface area contributed by atoms with Crippen molar-refractivity contribution >= 4 is 17.5 Å². The summed E-state index contributed by atoms with van der Waals surface area (Å²) in [6.07, 6.45) is 1.19. The van der Waals surface area contributed by atoms with E-state index in [0.29, 0.717) is 18.8 Å². The summed E-state index contributed by atoms with van der Waals surface area (Å²) in [5.41, 5.74) is 2.10. The van der Waals surface area contributed by atoms with Crippen LogP contribution in [0.15, 0.2) is 54.6 Å². The van der Waals surface area contributed by atoms with Crippen molar-refractivity contribution in [2.75, 3.05) is 31.6 Å². The number of para-hydroxylation sites is 2. The zero-order chi connectivity index (χ0) is 19.1. The molecule has 0 aliphatic carbocycles. The molecule has 6 heteroatoms. The van der Waals surface area contributed by atoms with E-state index in [4.69, 9.17) is 4.74 Å². The monoisotopic (exact) mass is 367 g/mol. The quantitative estimate of drug-likeness (QED) is 0.732. The highest BCUT2D eigenvalue weighted by molar-refractivity contribution is 5.86. The van der Waals surface area contributed by atoms with Crippen molar-refractivity contribution in [3.05, 3.63) is 60.2 Å². The van der Waals surface area contributed by atoms with Gasteiger partial charge in [0.25, 0.3) is 5.91 Å². The van der Waals surface area contributed by atoms with Gasteiger partial charge in [-0.15, -0.1) is 0 Å². The zero-order valence-electron chi connectivity index (χ0n) is 15.5. The Kier molecular flexibility index (Phi) is 6.30. The van der Waals surface area contributed by atoms with Crippen LogP contribution in [-0.4, -0.2) is 44.6 Å². The SMILES string of the molecule is CNC(=O)C1CN(CC(=O)NCCCc2ccccc2)c2ccccc2O1. The average molecular weight is 367 g/mol. The summed E-state index contributed by atoms with van der Waals surface area (Å²) >= 11 is 0. The van der Waals surface area contributed by atoms with E-state index in [9.17, 15) is 9.59 Å². The fraction of sp³-hybridized carbons (Fsp3) is 0.333. The predicted octanol–water partition coefficient (Wildman–Crippen LogP) is 1.75. The zero-order valence-corrected chi connectivity index (χ0v) is 15.5. The molecule has 0 saturated carbocycles. The van der Waals surface area contributed by atoms with Gasteiger partial charge in [0.2, 0.25) is 5.91 Å². The smallest absolute Gasteiger partial charge is 0.262 e. The van der Waals surface area contributed by atoms with Crippen molar-refractivity contribution in [2.24, 2.45) is 0 Å². The predicted molar refractivity (Wildman–Crippen MR) is 105 cm³/mol. The van der Waals surface area contributed by atoms with Crippen LogP contribution in [-0.2, 0) is 16.0 Å². The minimum atomic E-state index is -0.629. The minimum absolute atomic E-state index is 0.0598. The largest absolute Gasteiger partial charge is 0.477 e. The number of hydrogen-bond donors (Lipinski definition) is 2. The second kappa shape index (κ2) is 9.07. The molecule has 142 valence electrons. The molecule has 2 aromatic rings. The van der Waals surface area contributed by atoms with Crippen LogP contribution in [0.5, 0.6) is 5.75 Å². The lowest BCUT2D eigenvalue weighted by Gasteiger charge is -2.35. The van der Waals surface area contributed by atoms with E-state index in [1.54, 1.807) is 7.05 Å². The Balaban J connectivity index is 1.53. The molecule has 1 atom stereocenters. The van der Waals surface area contributed by atoms with Crippen molar-refractivity contribution in [3.8, 4) is 5.75 Å². The number of ether oxygens (including phenoxy) is 1. The van der Waals surface area contributed by atoms with E-state index < -0.39 is 6.10 Å². The summed E-state index contributed by atoms with van der Waals surface area (Å²) in [6, 6.07) is 17.7. The standard InChI is InChI=1S/C21H25N3O3/c1-22-21(26)19-14-24(17-11-5-6-12-18(17)27-19)15-20(25)23-13-7-10-16-8-3-2-4-9-16/h2-6,8-9,11-12,19H,7,10,13-15H2,1H3,(H,22,26)(H,23,25). The number of hydrogen-bond acceptors (Lipinski definition) is 4. The Morgan fingerprint density at radius 1 is 1.11 bits per heavy atom. The minimum Gasteiger partial charge on any atom is -0.477 e. The summed E-state index contributed by atoms with van der Waals surface area (Å²) in [7, 11) is 1.58. The number of aryl methyl sites for hydroxylation is 1. The number of carbonyl (C=O) groups is 2. The van der Waals surface area contributed by atoms with Crippen molar-refractivity contribution in [2.45, 2.75) is 18.9 Å². The third kappa shape index (κ3) is 5.00. The van der Waals surface area contributed by atoms with E-state index in [0.717, 1.165) is 18.5 Å². The number of carbonyl (C=O) groups excluding carboxylic acids is 2. The number of amides is 2. The number of nitrogens with one attached hydrogen (secondary N) is 2. The van der Waals surface area contributed by atoms with Gasteiger partial charge < -0.3 is 20.3 Å². The van der Waals surface area contributed by atoms with Gasteiger partial charge in [0.05, 0.1) is 18.8 Å². The Morgan fingerprint density at radius 3 is 2.63 bits per heavy atom. The highest BCUT2D eigenvalue weighted by Gasteiger charge is 2.30. The number of likely N-dealkylation sites (N-methyl/N-ethyl adjacent to an activating group) is 1. The number of fused-ring (bicyclic) bond motifs is 1. The summed E-state index contributed by atoms with van der Waals surface area (Å²) < 4.78 is 5.76. The molecule has 27 heavy (non-hydrogen) atoms. The Bertz CT molecular complexity index is 779. The highest BCUT2D eigenvalue weighted by atomic mass is 16.5. The van der Waals surface area contributed by atoms with Gasteiger partial charge in [-0.3, -0.25) is 9.59 Å². The van der Waals surface area contributed by atoms with Crippen LogP contribution in [0.4, 0.5) is 5.69 Å². The van der Waals surface area contributed by atoms with Crippen LogP contribution in [0.2, 0.25) is 0 Å². The summed E-state index contributed by atoms with van der Waals surface area (Å²) in [5, 5.41) is 5.57. The van der Waals surface area contributed by atoms with Crippen molar-refractivity contribution in [3.63, 3.8) is 0 Å². The molecule has 0 spiro atoms. The molecule has 0 fully saturated rings. The molecule has 1 unspecified atom stereocenters. The van der Waals surface area contributed by atoms with Gasteiger partial charge in [-0.05, 0) is 30.5 Å². The Hall–Kier alpha value is -3.02. The molecule has 6 nitrogen and oxygen atoms in total. The first-order valence-corrected chi connectivity index (χ1v) is 9.20. The highest BCUT2D eigenvalue weighted by Crippen LogP contribution is 2.32. The summed E-state index contributed by atoms with van der Waals surface area (Å²) in [6.45, 7) is 1.16. The maximum Gasteiger partial charge on any atom is 0.262 e. The van der Waals surface area contributed by atoms with Gasteiger partial charge in [-0.2, -0.15) is 0 Å². The Labute approximate surface area is 159 Å². The number of nitrogens with zero attached hydrogens (tertiary/aromatic N) is 1. The molecular formula is C21H25N3O3. The van der Waals surface area contributed by atoms with Crippen LogP contribution >= 0.6 is 0 Å². The van der Waals surface area contributed by atoms with E-state index in [2.05, 4.69) is 22.8 Å². The van der Waals surface area contributed by atoms with E-state index in [1.807, 2.05) is 47.4 Å². The molecule has 2 amide bonds. The third-order valence-corrected chi connectivity index (χ3v) is 4.54. The van der Waals surface area contributed by atoms with Crippen LogP contribution in [0.25, 0.3) is 0 Å². The second-order valence-corrected chi connectivity index (χ2v) is 6.51. The molecule has 2 aromatic carbocycles. The van der Waals surface area contributed by atoms with Crippen LogP contribution in [0.1, 0.15) is 12.0 Å². The number of anilines is 1. The van der Waals surface area contributed by atoms with E-state index >= 15 is 0 Å². The lowest BCUT2D eigenvalue weighted by molar-refractivity contribution is -0.127. The normalized spacial score (nSPS) is 15.4. The first kappa shape index (κ1) is 18.8. The fourth-order valence-corrected chi connectivity index (χ4v) is 3.15. The lowest BCUT2D eigenvalue weighted by Crippen LogP contribution is -2.50. The average Bonchev–Trinajstić information content (AvgIpc) is 2.71. The maximum atomic E-state index is 12.4. The second-order valence-electron chi connectivity index (χ2n) is 6.51. The molecular weight excluding hydrogens is 342 g/mol. The van der Waals surface area contributed by atoms with Crippen LogP contribution < -0.4 is 20.3 Å². The molecule has 1 aliphatic heterocycles. The maximum absolute atomic E-state index is 12.4. The fourth-order valence-electron chi connectivity index (χ4n) is 3.15. The molecule has 0 saturated heterocycles. The van der Waals surface area contributed by atoms with E-state index in [-0.39, 0.29) is 18.4 Å². The molecule has 0 radical (unpaired) electrons. The summed E-state index contributed by atoms with van der Waals surface area (Å²) in [5.74, 6) is 0.363. The van der Waals surface area contributed by atoms with Gasteiger partial charge in [0, 0.05) is 13.6 Å². The molecule has 1 heterocycles. The molecule has 0 aromatic heterocycles. The van der Waals surface area contributed by atoms with Gasteiger partial charge in [-0.25, -0.2) is 0 Å². The Morgan fingerprint density at radius 2 is 1.85 bits per heavy atom. The van der Waals surface area contributed by atoms with Crippen molar-refractivity contribution < 1.29 is 14.3 Å². The van der Waals surface area contributed by atoms with Crippen molar-refractivity contribution in [1.29, 1.82) is 0 Å². The summed E-state index contributed by atoms with van der Waals surface area (Å²) in [4.78, 5) is 26.3. The number of rotatable bonds is 7. The molecule has 3 rings (SSSR count). The number of benzene rings is 2. The van der Waals surface area contributed by atoms with Crippen LogP contribution in [0.3, 0.4) is 0 Å². The molecule has 2 N–H and O–H groups in total. The van der Waals surface area contributed by atoms with Crippen molar-refractivity contribution in [1.82, 2.24) is 10.6 Å². The first-order chi connectivity index (χ1) is 13.2. The van der Waals surface area contributed by atoms with E-state index in [1.165, 1.54) is 5.56 Å². The first-order valence-electron chi connectivity index (χ1n) is 9.20. The van der Waals surface area contributed by atoms with Gasteiger partial charge in [-0.1, -0.05) is 42.5 Å². The lowest BCUT2D eigenvalue weighted by atomic mass is 10.1. The van der Waals surface area contributed by atoms with Gasteiger partial charge in [0.1, 0.15) is 5.75 Å². The third-order valence-electron chi connectivity index (χ3n) is 4.54. The molecule has 1 aliphatic rings. The topological polar surface area (TPSA) is 70.7 Å². The van der Waals surface area contributed by atoms with Crippen LogP contribution in [0, 0.1) is 0 Å². The van der Waals surface area contributed by atoms with Gasteiger partial charge in [0.15, 0.2) is 6.10 Å².